The Morgan fingerprint density at radius 2 is 1.77 bits per heavy atom. The molecule has 0 aromatic carbocycles. The van der Waals surface area contributed by atoms with Gasteiger partial charge in [-0.25, -0.2) is 0 Å². The molecule has 0 amide bonds. The molecule has 6 atom stereocenters. The molecule has 0 bridgehead atoms. The lowest BCUT2D eigenvalue weighted by Crippen LogP contribution is -2.55. The highest BCUT2D eigenvalue weighted by atomic mass is 16.3. The Bertz CT molecular complexity index is 542. The Kier molecular flexibility index (Phi) is 5.60. The first-order chi connectivity index (χ1) is 12.3. The van der Waals surface area contributed by atoms with Crippen molar-refractivity contribution in [1.82, 2.24) is 0 Å². The van der Waals surface area contributed by atoms with E-state index in [9.17, 15) is 19.9 Å². The summed E-state index contributed by atoms with van der Waals surface area (Å²) >= 11 is 0. The van der Waals surface area contributed by atoms with Crippen molar-refractivity contribution in [2.45, 2.75) is 84.3 Å². The molecule has 0 saturated heterocycles. The molecule has 5 nitrogen and oxygen atoms in total. The van der Waals surface area contributed by atoms with Gasteiger partial charge < -0.3 is 10.2 Å². The van der Waals surface area contributed by atoms with Gasteiger partial charge in [-0.05, 0) is 73.5 Å². The van der Waals surface area contributed by atoms with E-state index in [1.807, 2.05) is 0 Å². The van der Waals surface area contributed by atoms with E-state index < -0.39 is 6.10 Å². The van der Waals surface area contributed by atoms with E-state index in [1.165, 1.54) is 0 Å². The highest BCUT2D eigenvalue weighted by molar-refractivity contribution is 5.84. The Balaban J connectivity index is 1.87. The molecule has 0 heterocycles. The van der Waals surface area contributed by atoms with E-state index in [0.29, 0.717) is 18.3 Å². The summed E-state index contributed by atoms with van der Waals surface area (Å²) in [6.07, 6.45) is 6.44. The van der Waals surface area contributed by atoms with Gasteiger partial charge in [0.15, 0.2) is 5.78 Å². The van der Waals surface area contributed by atoms with E-state index >= 15 is 0 Å². The van der Waals surface area contributed by atoms with Gasteiger partial charge in [-0.15, -0.1) is 0 Å². The van der Waals surface area contributed by atoms with Gasteiger partial charge in [0.05, 0.1) is 12.2 Å². The van der Waals surface area contributed by atoms with Crippen molar-refractivity contribution < 1.29 is 15.0 Å². The van der Waals surface area contributed by atoms with E-state index in [2.05, 4.69) is 25.9 Å². The second kappa shape index (κ2) is 7.31. The fraction of sp³-hybridized carbons (Fsp3) is 0.952. The summed E-state index contributed by atoms with van der Waals surface area (Å²) in [6.45, 7) is 6.43. The lowest BCUT2D eigenvalue weighted by Gasteiger charge is -2.57. The average Bonchev–Trinajstić information content (AvgIpc) is 2.93. The first-order valence-electron chi connectivity index (χ1n) is 10.4. The molecule has 5 heteroatoms. The van der Waals surface area contributed by atoms with Crippen LogP contribution < -0.4 is 0 Å². The molecule has 3 aliphatic rings. The average molecular weight is 366 g/mol. The quantitative estimate of drug-likeness (QED) is 0.727. The number of carbonyl (C=O) groups is 1. The number of fused-ring (bicyclic) bond motifs is 1. The molecule has 3 fully saturated rings. The predicted octanol–water partition coefficient (Wildman–Crippen LogP) is 3.70. The van der Waals surface area contributed by atoms with Crippen LogP contribution in [0.1, 0.15) is 72.1 Å². The largest absolute Gasteiger partial charge is 0.393 e. The lowest BCUT2D eigenvalue weighted by molar-refractivity contribution is -0.145. The van der Waals surface area contributed by atoms with Gasteiger partial charge in [-0.2, -0.15) is 4.91 Å². The number of ketones is 1. The molecule has 148 valence electrons. The second-order valence-corrected chi connectivity index (χ2v) is 9.75. The van der Waals surface area contributed by atoms with Gasteiger partial charge in [0.2, 0.25) is 0 Å². The van der Waals surface area contributed by atoms with E-state index in [0.717, 1.165) is 44.9 Å². The summed E-state index contributed by atoms with van der Waals surface area (Å²) in [5.41, 5.74) is -0.157. The number of nitroso groups, excluding NO2 is 1. The number of carbonyl (C=O) groups excluding carboxylic acids is 1. The Labute approximate surface area is 156 Å². The fourth-order valence-electron chi connectivity index (χ4n) is 7.19. The third kappa shape index (κ3) is 3.15. The zero-order chi connectivity index (χ0) is 19.1. The number of aliphatic hydroxyl groups excluding tert-OH is 2. The fourth-order valence-corrected chi connectivity index (χ4v) is 7.19. The van der Waals surface area contributed by atoms with Crippen LogP contribution in [0.4, 0.5) is 0 Å². The number of nitrogens with zero attached hydrogens (tertiary/aromatic N) is 1. The number of hydrogen-bond acceptors (Lipinski definition) is 5. The molecule has 0 aromatic rings. The van der Waals surface area contributed by atoms with Gasteiger partial charge >= 0.3 is 0 Å². The Morgan fingerprint density at radius 3 is 2.35 bits per heavy atom. The summed E-state index contributed by atoms with van der Waals surface area (Å²) in [7, 11) is 0. The van der Waals surface area contributed by atoms with Crippen molar-refractivity contribution in [2.24, 2.45) is 39.7 Å². The van der Waals surface area contributed by atoms with Crippen LogP contribution in [-0.4, -0.2) is 34.7 Å². The molecule has 0 spiro atoms. The SMILES string of the molecule is CC[C@@H]1C(C2(C)CCC(O)CC2)[C@@H](O)C[C@@]2(C)C1CC[C@@H]2C(=O)CN=O. The van der Waals surface area contributed by atoms with Crippen LogP contribution in [0.3, 0.4) is 0 Å². The van der Waals surface area contributed by atoms with Gasteiger partial charge in [0.25, 0.3) is 0 Å². The van der Waals surface area contributed by atoms with Crippen LogP contribution >= 0.6 is 0 Å². The molecule has 2 unspecified atom stereocenters. The lowest BCUT2D eigenvalue weighted by atomic mass is 9.49. The molecule has 0 aromatic heterocycles. The number of rotatable bonds is 5. The smallest absolute Gasteiger partial charge is 0.161 e. The maximum Gasteiger partial charge on any atom is 0.161 e. The maximum absolute atomic E-state index is 12.5. The van der Waals surface area contributed by atoms with Gasteiger partial charge in [-0.1, -0.05) is 32.4 Å². The third-order valence-corrected chi connectivity index (χ3v) is 8.43. The number of hydrogen-bond donors (Lipinski definition) is 2. The third-order valence-electron chi connectivity index (χ3n) is 8.43. The summed E-state index contributed by atoms with van der Waals surface area (Å²) in [5, 5.41) is 24.0. The molecular weight excluding hydrogens is 330 g/mol. The molecular formula is C21H35NO4. The van der Waals surface area contributed by atoms with Crippen LogP contribution in [0.15, 0.2) is 5.18 Å². The molecule has 0 aliphatic heterocycles. The van der Waals surface area contributed by atoms with Gasteiger partial charge in [-0.3, -0.25) is 4.79 Å². The Hall–Kier alpha value is -0.810. The summed E-state index contributed by atoms with van der Waals surface area (Å²) in [6, 6.07) is 0. The number of aliphatic hydroxyl groups is 2. The molecule has 3 rings (SSSR count). The Morgan fingerprint density at radius 1 is 1.12 bits per heavy atom. The maximum atomic E-state index is 12.5. The first kappa shape index (κ1) is 19.9. The van der Waals surface area contributed by atoms with Crippen molar-refractivity contribution in [1.29, 1.82) is 0 Å². The molecule has 26 heavy (non-hydrogen) atoms. The van der Waals surface area contributed by atoms with E-state index in [-0.39, 0.29) is 41.1 Å². The molecule has 3 aliphatic carbocycles. The molecule has 2 N–H and O–H groups in total. The molecule has 0 radical (unpaired) electrons. The zero-order valence-electron chi connectivity index (χ0n) is 16.5. The van der Waals surface area contributed by atoms with Crippen molar-refractivity contribution in [2.75, 3.05) is 6.54 Å². The van der Waals surface area contributed by atoms with Gasteiger partial charge in [0, 0.05) is 5.92 Å². The van der Waals surface area contributed by atoms with Crippen molar-refractivity contribution in [3.05, 3.63) is 4.91 Å². The summed E-state index contributed by atoms with van der Waals surface area (Å²) < 4.78 is 0. The topological polar surface area (TPSA) is 87.0 Å². The van der Waals surface area contributed by atoms with Crippen molar-refractivity contribution in [3.63, 3.8) is 0 Å². The van der Waals surface area contributed by atoms with Crippen LogP contribution in [0.25, 0.3) is 0 Å². The van der Waals surface area contributed by atoms with Gasteiger partial charge in [0.1, 0.15) is 6.54 Å². The van der Waals surface area contributed by atoms with Crippen molar-refractivity contribution >= 4 is 5.78 Å². The minimum atomic E-state index is -0.418. The van der Waals surface area contributed by atoms with Crippen LogP contribution in [0.5, 0.6) is 0 Å². The highest BCUT2D eigenvalue weighted by Crippen LogP contribution is 2.63. The van der Waals surface area contributed by atoms with E-state index in [4.69, 9.17) is 0 Å². The summed E-state index contributed by atoms with van der Waals surface area (Å²) in [4.78, 5) is 23.1. The normalized spacial score (nSPS) is 48.8. The molecule has 3 saturated carbocycles. The zero-order valence-corrected chi connectivity index (χ0v) is 16.5. The van der Waals surface area contributed by atoms with Crippen LogP contribution in [0.2, 0.25) is 0 Å². The standard InChI is InChI=1S/C21H35NO4/c1-4-14-15-5-6-16(18(25)12-22-26)21(15,3)11-17(24)19(14)20(2)9-7-13(23)8-10-20/h13-17,19,23-24H,4-12H2,1-3H3/t13?,14-,15?,16+,17-,19?,20?,21-/m0/s1. The van der Waals surface area contributed by atoms with E-state index in [1.54, 1.807) is 0 Å². The minimum Gasteiger partial charge on any atom is -0.393 e. The highest BCUT2D eigenvalue weighted by Gasteiger charge is 2.60. The minimum absolute atomic E-state index is 0.0440. The first-order valence-corrected chi connectivity index (χ1v) is 10.4. The van der Waals surface area contributed by atoms with Crippen LogP contribution in [0, 0.1) is 39.4 Å². The van der Waals surface area contributed by atoms with Crippen molar-refractivity contribution in [3.8, 4) is 0 Å². The summed E-state index contributed by atoms with van der Waals surface area (Å²) in [5.74, 6) is 0.862. The van der Waals surface area contributed by atoms with Crippen LogP contribution in [-0.2, 0) is 4.79 Å². The predicted molar refractivity (Wildman–Crippen MR) is 100 cm³/mol. The monoisotopic (exact) mass is 365 g/mol. The second-order valence-electron chi connectivity index (χ2n) is 9.75. The number of Topliss-reactive ketones (excluding diaryl/α,β-unsaturated/α-hetero) is 1.